The Balaban J connectivity index is 2.58. The number of hydrogen-bond acceptors (Lipinski definition) is 3. The van der Waals surface area contributed by atoms with E-state index in [1.807, 2.05) is 25.1 Å². The first-order valence-electron chi connectivity index (χ1n) is 7.13. The van der Waals surface area contributed by atoms with E-state index in [1.165, 1.54) is 0 Å². The van der Waals surface area contributed by atoms with Crippen molar-refractivity contribution in [1.82, 2.24) is 15.7 Å². The molecule has 1 heterocycles. The van der Waals surface area contributed by atoms with Crippen molar-refractivity contribution in [3.63, 3.8) is 0 Å². The van der Waals surface area contributed by atoms with Crippen LogP contribution in [-0.4, -0.2) is 21.3 Å². The van der Waals surface area contributed by atoms with E-state index in [0.29, 0.717) is 5.11 Å². The molecule has 2 N–H and O–H groups in total. The molecule has 116 valence electrons. The number of nitrogens with zero attached hydrogens (tertiary/aromatic N) is 2. The molecule has 1 aromatic heterocycles. The molecule has 0 aliphatic carbocycles. The average molecular weight is 306 g/mol. The summed E-state index contributed by atoms with van der Waals surface area (Å²) in [5.74, 6) is 0. The summed E-state index contributed by atoms with van der Waals surface area (Å²) >= 11 is 5.31. The molecule has 0 saturated carbocycles. The van der Waals surface area contributed by atoms with Crippen molar-refractivity contribution in [2.45, 2.75) is 53.5 Å². The van der Waals surface area contributed by atoms with Crippen LogP contribution in [0.3, 0.4) is 0 Å². The molecule has 0 amide bonds. The summed E-state index contributed by atoms with van der Waals surface area (Å²) in [6.45, 7) is 12.8. The molecule has 0 radical (unpaired) electrons. The second-order valence-corrected chi connectivity index (χ2v) is 7.51. The molecule has 0 saturated heterocycles. The summed E-state index contributed by atoms with van der Waals surface area (Å²) in [7, 11) is 0. The van der Waals surface area contributed by atoms with Crippen molar-refractivity contribution in [1.29, 1.82) is 0 Å². The fourth-order valence-electron chi connectivity index (χ4n) is 2.47. The number of aromatic nitrogens is 1. The van der Waals surface area contributed by atoms with Gasteiger partial charge in [0.05, 0.1) is 11.4 Å². The molecule has 0 aliphatic heterocycles. The summed E-state index contributed by atoms with van der Waals surface area (Å²) in [5.41, 5.74) is 4.67. The largest absolute Gasteiger partial charge is 0.356 e. The molecule has 0 unspecified atom stereocenters. The van der Waals surface area contributed by atoms with Crippen LogP contribution < -0.4 is 10.7 Å². The van der Waals surface area contributed by atoms with Crippen molar-refractivity contribution in [2.75, 3.05) is 0 Å². The lowest BCUT2D eigenvalue weighted by Gasteiger charge is -2.34. The van der Waals surface area contributed by atoms with Gasteiger partial charge in [0.1, 0.15) is 0 Å². The Morgan fingerprint density at radius 2 is 1.90 bits per heavy atom. The monoisotopic (exact) mass is 306 g/mol. The van der Waals surface area contributed by atoms with E-state index in [1.54, 1.807) is 6.20 Å². The minimum Gasteiger partial charge on any atom is -0.356 e. The lowest BCUT2D eigenvalue weighted by atomic mass is 9.82. The lowest BCUT2D eigenvalue weighted by molar-refractivity contribution is 0.266. The predicted molar refractivity (Wildman–Crippen MR) is 93.5 cm³/mol. The fourth-order valence-corrected chi connectivity index (χ4v) is 2.80. The van der Waals surface area contributed by atoms with Crippen LogP contribution in [0.1, 0.15) is 53.7 Å². The van der Waals surface area contributed by atoms with E-state index in [0.717, 1.165) is 17.8 Å². The molecular formula is C16H26N4S. The number of thiocarbonyl (C=S) groups is 1. The van der Waals surface area contributed by atoms with E-state index in [2.05, 4.69) is 55.4 Å². The molecule has 0 aliphatic rings. The highest BCUT2D eigenvalue weighted by molar-refractivity contribution is 7.80. The van der Waals surface area contributed by atoms with Crippen LogP contribution in [0.2, 0.25) is 0 Å². The molecule has 0 fully saturated rings. The molecule has 0 bridgehead atoms. The van der Waals surface area contributed by atoms with Crippen LogP contribution in [0.25, 0.3) is 0 Å². The minimum atomic E-state index is -0.0866. The summed E-state index contributed by atoms with van der Waals surface area (Å²) < 4.78 is 0. The standard InChI is InChI=1S/C16H26N4S/c1-12(13-9-7-8-10-17-13)19-20-14(21)18-16(5,6)11-15(2,3)4/h7-10H,11H2,1-6H3,(H2,18,20,21)/b19-12+. The first kappa shape index (κ1) is 17.6. The second-order valence-electron chi connectivity index (χ2n) is 7.10. The quantitative estimate of drug-likeness (QED) is 0.508. The third kappa shape index (κ3) is 7.18. The molecule has 21 heavy (non-hydrogen) atoms. The molecule has 0 spiro atoms. The zero-order valence-corrected chi connectivity index (χ0v) is 14.6. The van der Waals surface area contributed by atoms with Gasteiger partial charge in [0.25, 0.3) is 0 Å². The third-order valence-electron chi connectivity index (χ3n) is 2.78. The van der Waals surface area contributed by atoms with Gasteiger partial charge in [-0.15, -0.1) is 0 Å². The summed E-state index contributed by atoms with van der Waals surface area (Å²) in [6.07, 6.45) is 2.75. The second kappa shape index (κ2) is 6.98. The van der Waals surface area contributed by atoms with Gasteiger partial charge in [-0.05, 0) is 57.0 Å². The molecular weight excluding hydrogens is 280 g/mol. The van der Waals surface area contributed by atoms with E-state index >= 15 is 0 Å². The van der Waals surface area contributed by atoms with Crippen LogP contribution in [0.15, 0.2) is 29.5 Å². The summed E-state index contributed by atoms with van der Waals surface area (Å²) in [5, 5.41) is 8.12. The molecule has 0 aromatic carbocycles. The molecule has 0 atom stereocenters. The van der Waals surface area contributed by atoms with Crippen LogP contribution in [0.5, 0.6) is 0 Å². The Morgan fingerprint density at radius 1 is 1.24 bits per heavy atom. The van der Waals surface area contributed by atoms with Gasteiger partial charge in [0, 0.05) is 11.7 Å². The maximum Gasteiger partial charge on any atom is 0.187 e. The number of hydrazone groups is 1. The van der Waals surface area contributed by atoms with Crippen LogP contribution >= 0.6 is 12.2 Å². The number of hydrogen-bond donors (Lipinski definition) is 2. The topological polar surface area (TPSA) is 49.3 Å². The minimum absolute atomic E-state index is 0.0866. The predicted octanol–water partition coefficient (Wildman–Crippen LogP) is 3.48. The van der Waals surface area contributed by atoms with Gasteiger partial charge < -0.3 is 5.32 Å². The SMILES string of the molecule is C/C(=N\NC(=S)NC(C)(C)CC(C)(C)C)c1ccccn1. The van der Waals surface area contributed by atoms with Crippen molar-refractivity contribution in [3.8, 4) is 0 Å². The Morgan fingerprint density at radius 3 is 2.43 bits per heavy atom. The van der Waals surface area contributed by atoms with E-state index in [4.69, 9.17) is 12.2 Å². The Kier molecular flexibility index (Phi) is 5.84. The van der Waals surface area contributed by atoms with Gasteiger partial charge >= 0.3 is 0 Å². The van der Waals surface area contributed by atoms with Crippen LogP contribution in [-0.2, 0) is 0 Å². The van der Waals surface area contributed by atoms with Crippen LogP contribution in [0, 0.1) is 5.41 Å². The fraction of sp³-hybridized carbons (Fsp3) is 0.562. The van der Waals surface area contributed by atoms with Gasteiger partial charge in [0.15, 0.2) is 5.11 Å². The van der Waals surface area contributed by atoms with E-state index in [9.17, 15) is 0 Å². The highest BCUT2D eigenvalue weighted by atomic mass is 32.1. The number of pyridine rings is 1. The van der Waals surface area contributed by atoms with Gasteiger partial charge in [-0.25, -0.2) is 0 Å². The van der Waals surface area contributed by atoms with Gasteiger partial charge in [-0.1, -0.05) is 26.8 Å². The molecule has 5 heteroatoms. The maximum absolute atomic E-state index is 5.31. The highest BCUT2D eigenvalue weighted by Gasteiger charge is 2.25. The first-order chi connectivity index (χ1) is 9.59. The van der Waals surface area contributed by atoms with Gasteiger partial charge in [-0.2, -0.15) is 5.10 Å². The van der Waals surface area contributed by atoms with E-state index in [-0.39, 0.29) is 11.0 Å². The Bertz CT molecular complexity index is 501. The van der Waals surface area contributed by atoms with Crippen molar-refractivity contribution in [2.24, 2.45) is 10.5 Å². The van der Waals surface area contributed by atoms with E-state index < -0.39 is 0 Å². The summed E-state index contributed by atoms with van der Waals surface area (Å²) in [4.78, 5) is 4.25. The average Bonchev–Trinajstić information content (AvgIpc) is 2.33. The first-order valence-corrected chi connectivity index (χ1v) is 7.54. The third-order valence-corrected chi connectivity index (χ3v) is 2.98. The van der Waals surface area contributed by atoms with Crippen LogP contribution in [0.4, 0.5) is 0 Å². The van der Waals surface area contributed by atoms with Gasteiger partial charge in [-0.3, -0.25) is 10.4 Å². The zero-order chi connectivity index (χ0) is 16.1. The zero-order valence-electron chi connectivity index (χ0n) is 13.8. The smallest absolute Gasteiger partial charge is 0.187 e. The number of nitrogens with one attached hydrogen (secondary N) is 2. The summed E-state index contributed by atoms with van der Waals surface area (Å²) in [6, 6.07) is 5.73. The number of rotatable bonds is 4. The van der Waals surface area contributed by atoms with Crippen molar-refractivity contribution < 1.29 is 0 Å². The highest BCUT2D eigenvalue weighted by Crippen LogP contribution is 2.26. The maximum atomic E-state index is 5.31. The van der Waals surface area contributed by atoms with Crippen molar-refractivity contribution in [3.05, 3.63) is 30.1 Å². The molecule has 4 nitrogen and oxygen atoms in total. The Hall–Kier alpha value is -1.49. The molecule has 1 aromatic rings. The van der Waals surface area contributed by atoms with Gasteiger partial charge in [0.2, 0.25) is 0 Å². The van der Waals surface area contributed by atoms with Crippen molar-refractivity contribution >= 4 is 23.0 Å². The normalized spacial score (nSPS) is 13.0. The molecule has 1 rings (SSSR count). The Labute approximate surface area is 133 Å². The lowest BCUT2D eigenvalue weighted by Crippen LogP contribution is -2.48.